The van der Waals surface area contributed by atoms with Gasteiger partial charge in [0, 0.05) is 11.9 Å². The quantitative estimate of drug-likeness (QED) is 0.924. The van der Waals surface area contributed by atoms with Gasteiger partial charge in [-0.25, -0.2) is 4.79 Å². The van der Waals surface area contributed by atoms with Crippen LogP contribution in [-0.2, 0) is 11.3 Å². The van der Waals surface area contributed by atoms with Crippen LogP contribution >= 0.6 is 0 Å². The van der Waals surface area contributed by atoms with Crippen molar-refractivity contribution in [1.29, 1.82) is 0 Å². The second kappa shape index (κ2) is 6.19. The van der Waals surface area contributed by atoms with Crippen LogP contribution in [0.1, 0.15) is 22.4 Å². The van der Waals surface area contributed by atoms with Crippen LogP contribution in [0.4, 0.5) is 10.5 Å². The highest BCUT2D eigenvalue weighted by Crippen LogP contribution is 2.22. The summed E-state index contributed by atoms with van der Waals surface area (Å²) in [5.74, 6) is 0. The van der Waals surface area contributed by atoms with E-state index in [1.54, 1.807) is 6.20 Å². The molecule has 0 spiro atoms. The van der Waals surface area contributed by atoms with Crippen LogP contribution in [-0.4, -0.2) is 11.1 Å². The molecular formula is C16H18N2O2. The maximum atomic E-state index is 11.8. The number of amides is 1. The third kappa shape index (κ3) is 3.57. The van der Waals surface area contributed by atoms with Crippen molar-refractivity contribution in [3.8, 4) is 0 Å². The van der Waals surface area contributed by atoms with E-state index >= 15 is 0 Å². The molecule has 0 atom stereocenters. The number of carbonyl (C=O) groups excluding carboxylic acids is 1. The van der Waals surface area contributed by atoms with E-state index in [0.29, 0.717) is 0 Å². The number of anilines is 1. The molecule has 0 aliphatic carbocycles. The van der Waals surface area contributed by atoms with Crippen LogP contribution in [0.25, 0.3) is 0 Å². The normalized spacial score (nSPS) is 10.2. The van der Waals surface area contributed by atoms with E-state index in [4.69, 9.17) is 4.74 Å². The van der Waals surface area contributed by atoms with Gasteiger partial charge < -0.3 is 4.74 Å². The third-order valence-electron chi connectivity index (χ3n) is 2.98. The number of rotatable bonds is 3. The van der Waals surface area contributed by atoms with Crippen molar-refractivity contribution < 1.29 is 9.53 Å². The van der Waals surface area contributed by atoms with E-state index in [0.717, 1.165) is 22.5 Å². The van der Waals surface area contributed by atoms with Crippen LogP contribution < -0.4 is 5.32 Å². The Kier molecular flexibility index (Phi) is 4.35. The zero-order chi connectivity index (χ0) is 14.5. The average molecular weight is 270 g/mol. The molecule has 20 heavy (non-hydrogen) atoms. The summed E-state index contributed by atoms with van der Waals surface area (Å²) in [7, 11) is 0. The largest absolute Gasteiger partial charge is 0.443 e. The molecule has 0 aliphatic rings. The molecule has 2 aromatic rings. The molecule has 1 aromatic carbocycles. The predicted octanol–water partition coefficient (Wildman–Crippen LogP) is 3.76. The predicted molar refractivity (Wildman–Crippen MR) is 78.7 cm³/mol. The van der Waals surface area contributed by atoms with Gasteiger partial charge in [0.1, 0.15) is 6.61 Å². The summed E-state index contributed by atoms with van der Waals surface area (Å²) in [5, 5.41) is 2.79. The molecule has 1 N–H and O–H groups in total. The Bertz CT molecular complexity index is 586. The molecule has 1 aromatic heterocycles. The molecule has 4 nitrogen and oxygen atoms in total. The van der Waals surface area contributed by atoms with Crippen molar-refractivity contribution in [3.63, 3.8) is 0 Å². The maximum absolute atomic E-state index is 11.8. The topological polar surface area (TPSA) is 51.2 Å². The minimum atomic E-state index is -0.467. The molecule has 0 fully saturated rings. The third-order valence-corrected chi connectivity index (χ3v) is 2.98. The fraction of sp³-hybridized carbons (Fsp3) is 0.250. The van der Waals surface area contributed by atoms with Crippen molar-refractivity contribution in [2.24, 2.45) is 0 Å². The second-order valence-corrected chi connectivity index (χ2v) is 4.80. The van der Waals surface area contributed by atoms with E-state index in [1.807, 2.05) is 51.1 Å². The minimum absolute atomic E-state index is 0.163. The van der Waals surface area contributed by atoms with E-state index in [2.05, 4.69) is 10.3 Å². The van der Waals surface area contributed by atoms with Crippen molar-refractivity contribution in [2.75, 3.05) is 5.32 Å². The summed E-state index contributed by atoms with van der Waals surface area (Å²) < 4.78 is 5.16. The van der Waals surface area contributed by atoms with Crippen molar-refractivity contribution in [1.82, 2.24) is 4.98 Å². The van der Waals surface area contributed by atoms with Gasteiger partial charge in [-0.05, 0) is 44.0 Å². The number of hydrogen-bond acceptors (Lipinski definition) is 3. The first kappa shape index (κ1) is 14.1. The minimum Gasteiger partial charge on any atom is -0.443 e. The Balaban J connectivity index is 1.98. The van der Waals surface area contributed by atoms with Gasteiger partial charge in [-0.2, -0.15) is 0 Å². The zero-order valence-corrected chi connectivity index (χ0v) is 11.9. The Morgan fingerprint density at radius 1 is 1.20 bits per heavy atom. The highest BCUT2D eigenvalue weighted by molar-refractivity contribution is 5.86. The maximum Gasteiger partial charge on any atom is 0.412 e. The molecule has 0 saturated heterocycles. The number of carbonyl (C=O) groups is 1. The van der Waals surface area contributed by atoms with Gasteiger partial charge in [-0.3, -0.25) is 10.3 Å². The molecule has 0 saturated carbocycles. The first-order valence-corrected chi connectivity index (χ1v) is 6.48. The molecule has 0 radical (unpaired) electrons. The van der Waals surface area contributed by atoms with Crippen LogP contribution in [0.3, 0.4) is 0 Å². The van der Waals surface area contributed by atoms with Gasteiger partial charge in [-0.15, -0.1) is 0 Å². The smallest absolute Gasteiger partial charge is 0.412 e. The molecule has 0 unspecified atom stereocenters. The average Bonchev–Trinajstić information content (AvgIpc) is 2.42. The monoisotopic (exact) mass is 270 g/mol. The van der Waals surface area contributed by atoms with Crippen LogP contribution in [0.5, 0.6) is 0 Å². The number of ether oxygens (including phenoxy) is 1. The summed E-state index contributed by atoms with van der Waals surface area (Å²) in [6.45, 7) is 6.13. The Hall–Kier alpha value is -2.36. The van der Waals surface area contributed by atoms with Gasteiger partial charge in [-0.1, -0.05) is 23.8 Å². The Labute approximate surface area is 118 Å². The summed E-state index contributed by atoms with van der Waals surface area (Å²) in [6, 6.07) is 9.55. The first-order valence-electron chi connectivity index (χ1n) is 6.48. The molecule has 0 aliphatic heterocycles. The SMILES string of the molecule is Cc1cc(C)c(NC(=O)OCc2ccccn2)c(C)c1. The zero-order valence-electron chi connectivity index (χ0n) is 11.9. The highest BCUT2D eigenvalue weighted by atomic mass is 16.5. The van der Waals surface area contributed by atoms with Crippen molar-refractivity contribution in [3.05, 3.63) is 58.9 Å². The first-order chi connectivity index (χ1) is 9.56. The van der Waals surface area contributed by atoms with Gasteiger partial charge >= 0.3 is 6.09 Å². The summed E-state index contributed by atoms with van der Waals surface area (Å²) in [4.78, 5) is 15.9. The highest BCUT2D eigenvalue weighted by Gasteiger charge is 2.09. The summed E-state index contributed by atoms with van der Waals surface area (Å²) in [5.41, 5.74) is 4.75. The van der Waals surface area contributed by atoms with E-state index in [1.165, 1.54) is 5.56 Å². The number of aromatic nitrogens is 1. The second-order valence-electron chi connectivity index (χ2n) is 4.80. The number of aryl methyl sites for hydroxylation is 3. The number of nitrogens with zero attached hydrogens (tertiary/aromatic N) is 1. The molecule has 0 bridgehead atoms. The lowest BCUT2D eigenvalue weighted by atomic mass is 10.1. The number of nitrogens with one attached hydrogen (secondary N) is 1. The fourth-order valence-electron chi connectivity index (χ4n) is 2.14. The number of hydrogen-bond donors (Lipinski definition) is 1. The van der Waals surface area contributed by atoms with Crippen molar-refractivity contribution >= 4 is 11.8 Å². The van der Waals surface area contributed by atoms with E-state index < -0.39 is 6.09 Å². The lowest BCUT2D eigenvalue weighted by molar-refractivity contribution is 0.153. The van der Waals surface area contributed by atoms with Gasteiger partial charge in [0.25, 0.3) is 0 Å². The van der Waals surface area contributed by atoms with Gasteiger partial charge in [0.15, 0.2) is 0 Å². The van der Waals surface area contributed by atoms with Gasteiger partial charge in [0.2, 0.25) is 0 Å². The lowest BCUT2D eigenvalue weighted by Gasteiger charge is -2.12. The molecular weight excluding hydrogens is 252 g/mol. The molecule has 1 heterocycles. The Morgan fingerprint density at radius 3 is 2.50 bits per heavy atom. The fourth-order valence-corrected chi connectivity index (χ4v) is 2.14. The summed E-state index contributed by atoms with van der Waals surface area (Å²) >= 11 is 0. The van der Waals surface area contributed by atoms with Gasteiger partial charge in [0.05, 0.1) is 5.69 Å². The standard InChI is InChI=1S/C16H18N2O2/c1-11-8-12(2)15(13(3)9-11)18-16(19)20-10-14-6-4-5-7-17-14/h4-9H,10H2,1-3H3,(H,18,19). The van der Waals surface area contributed by atoms with E-state index in [-0.39, 0.29) is 6.61 Å². The van der Waals surface area contributed by atoms with Crippen LogP contribution in [0.15, 0.2) is 36.5 Å². The lowest BCUT2D eigenvalue weighted by Crippen LogP contribution is -2.15. The number of benzene rings is 1. The van der Waals surface area contributed by atoms with Crippen molar-refractivity contribution in [2.45, 2.75) is 27.4 Å². The number of pyridine rings is 1. The van der Waals surface area contributed by atoms with E-state index in [9.17, 15) is 4.79 Å². The molecule has 104 valence electrons. The van der Waals surface area contributed by atoms with Crippen LogP contribution in [0.2, 0.25) is 0 Å². The molecule has 4 heteroatoms. The summed E-state index contributed by atoms with van der Waals surface area (Å²) in [6.07, 6.45) is 1.20. The Morgan fingerprint density at radius 2 is 1.90 bits per heavy atom. The molecule has 1 amide bonds. The molecule has 2 rings (SSSR count). The van der Waals surface area contributed by atoms with Crippen LogP contribution in [0, 0.1) is 20.8 Å².